The highest BCUT2D eigenvalue weighted by molar-refractivity contribution is 5.92. The number of methoxy groups -OCH3 is 1. The molecule has 0 atom stereocenters. The van der Waals surface area contributed by atoms with E-state index in [-0.39, 0.29) is 18.4 Å². The highest BCUT2D eigenvalue weighted by Crippen LogP contribution is 2.19. The molecule has 0 bridgehead atoms. The highest BCUT2D eigenvalue weighted by atomic mass is 16.5. The zero-order valence-electron chi connectivity index (χ0n) is 14.3. The predicted octanol–water partition coefficient (Wildman–Crippen LogP) is 2.26. The van der Waals surface area contributed by atoms with Crippen LogP contribution in [-0.2, 0) is 6.54 Å². The smallest absolute Gasteiger partial charge is 0.272 e. The van der Waals surface area contributed by atoms with Crippen LogP contribution >= 0.6 is 0 Å². The maximum absolute atomic E-state index is 12.1. The number of benzene rings is 1. The molecule has 0 aliphatic rings. The summed E-state index contributed by atoms with van der Waals surface area (Å²) in [6, 6.07) is 9.19. The summed E-state index contributed by atoms with van der Waals surface area (Å²) in [5.41, 5.74) is 2.15. The number of carbonyl (C=O) groups excluding carboxylic acids is 1. The molecule has 0 unspecified atom stereocenters. The average molecular weight is 340 g/mol. The van der Waals surface area contributed by atoms with E-state index in [4.69, 9.17) is 4.74 Å². The van der Waals surface area contributed by atoms with Gasteiger partial charge in [-0.05, 0) is 36.2 Å². The van der Waals surface area contributed by atoms with Crippen molar-refractivity contribution in [2.75, 3.05) is 7.11 Å². The van der Waals surface area contributed by atoms with Crippen LogP contribution in [0.25, 0.3) is 11.4 Å². The van der Waals surface area contributed by atoms with Crippen molar-refractivity contribution in [2.45, 2.75) is 26.3 Å². The lowest BCUT2D eigenvalue weighted by atomic mass is 10.1. The summed E-state index contributed by atoms with van der Waals surface area (Å²) < 4.78 is 5.13. The molecule has 1 aromatic carbocycles. The van der Waals surface area contributed by atoms with Crippen molar-refractivity contribution in [3.63, 3.8) is 0 Å². The number of nitrogens with zero attached hydrogens (tertiary/aromatic N) is 3. The summed E-state index contributed by atoms with van der Waals surface area (Å²) in [6.45, 7) is 4.31. The topological polar surface area (TPSA) is 109 Å². The normalized spacial score (nSPS) is 10.9. The van der Waals surface area contributed by atoms with Crippen molar-refractivity contribution in [2.24, 2.45) is 0 Å². The molecule has 0 saturated heterocycles. The number of hydrogen-bond acceptors (Lipinski definition) is 5. The van der Waals surface area contributed by atoms with Crippen LogP contribution in [0.2, 0.25) is 0 Å². The van der Waals surface area contributed by atoms with E-state index < -0.39 is 0 Å². The molecule has 0 aliphatic carbocycles. The van der Waals surface area contributed by atoms with E-state index in [0.717, 1.165) is 17.0 Å². The van der Waals surface area contributed by atoms with Gasteiger partial charge in [-0.15, -0.1) is 0 Å². The first kappa shape index (κ1) is 16.7. The number of nitrogens with one attached hydrogen (secondary N) is 3. The minimum Gasteiger partial charge on any atom is -0.497 e. The van der Waals surface area contributed by atoms with Gasteiger partial charge in [0.1, 0.15) is 17.3 Å². The molecule has 3 rings (SSSR count). The van der Waals surface area contributed by atoms with Crippen molar-refractivity contribution in [1.82, 2.24) is 30.7 Å². The monoisotopic (exact) mass is 340 g/mol. The number of aromatic nitrogens is 5. The minimum atomic E-state index is -0.259. The molecule has 0 aliphatic heterocycles. The number of rotatable bonds is 6. The Bertz CT molecular complexity index is 850. The molecule has 0 fully saturated rings. The molecular weight excluding hydrogens is 320 g/mol. The second-order valence-corrected chi connectivity index (χ2v) is 5.88. The van der Waals surface area contributed by atoms with Crippen LogP contribution in [-0.4, -0.2) is 38.4 Å². The van der Waals surface area contributed by atoms with E-state index in [1.807, 2.05) is 38.1 Å². The van der Waals surface area contributed by atoms with Gasteiger partial charge in [0.2, 0.25) is 0 Å². The second-order valence-electron chi connectivity index (χ2n) is 5.88. The molecule has 25 heavy (non-hydrogen) atoms. The van der Waals surface area contributed by atoms with Gasteiger partial charge < -0.3 is 10.1 Å². The van der Waals surface area contributed by atoms with Crippen molar-refractivity contribution < 1.29 is 9.53 Å². The third-order valence-electron chi connectivity index (χ3n) is 3.75. The Morgan fingerprint density at radius 1 is 1.20 bits per heavy atom. The fourth-order valence-corrected chi connectivity index (χ4v) is 2.25. The molecule has 1 amide bonds. The summed E-state index contributed by atoms with van der Waals surface area (Å²) in [7, 11) is 1.62. The number of carbonyl (C=O) groups is 1. The zero-order valence-corrected chi connectivity index (χ0v) is 14.3. The Labute approximate surface area is 145 Å². The van der Waals surface area contributed by atoms with Gasteiger partial charge in [0.15, 0.2) is 5.82 Å². The zero-order chi connectivity index (χ0) is 17.8. The fourth-order valence-electron chi connectivity index (χ4n) is 2.25. The lowest BCUT2D eigenvalue weighted by Gasteiger charge is -2.00. The SMILES string of the molecule is COc1ccc(-c2n[nH]c(CNC(=O)c3cc(C(C)C)[nH]n3)n2)cc1. The molecule has 3 N–H and O–H groups in total. The van der Waals surface area contributed by atoms with Crippen molar-refractivity contribution in [1.29, 1.82) is 0 Å². The maximum Gasteiger partial charge on any atom is 0.272 e. The second kappa shape index (κ2) is 7.16. The van der Waals surface area contributed by atoms with Crippen molar-refractivity contribution >= 4 is 5.91 Å². The van der Waals surface area contributed by atoms with Gasteiger partial charge in [-0.2, -0.15) is 10.2 Å². The van der Waals surface area contributed by atoms with Gasteiger partial charge in [-0.25, -0.2) is 4.98 Å². The molecule has 8 heteroatoms. The van der Waals surface area contributed by atoms with Crippen molar-refractivity contribution in [3.05, 3.63) is 47.5 Å². The van der Waals surface area contributed by atoms with E-state index in [1.54, 1.807) is 13.2 Å². The molecule has 3 aromatic rings. The minimum absolute atomic E-state index is 0.242. The third kappa shape index (κ3) is 3.85. The van der Waals surface area contributed by atoms with Crippen molar-refractivity contribution in [3.8, 4) is 17.1 Å². The first-order valence-electron chi connectivity index (χ1n) is 7.96. The summed E-state index contributed by atoms with van der Waals surface area (Å²) in [6.07, 6.45) is 0. The first-order valence-corrected chi connectivity index (χ1v) is 7.96. The van der Waals surface area contributed by atoms with Crippen LogP contribution < -0.4 is 10.1 Å². The Balaban J connectivity index is 1.61. The van der Waals surface area contributed by atoms with Gasteiger partial charge in [0.05, 0.1) is 13.7 Å². The Kier molecular flexibility index (Phi) is 4.78. The van der Waals surface area contributed by atoms with E-state index in [9.17, 15) is 4.79 Å². The first-order chi connectivity index (χ1) is 12.1. The molecule has 130 valence electrons. The molecule has 0 spiro atoms. The molecule has 8 nitrogen and oxygen atoms in total. The lowest BCUT2D eigenvalue weighted by molar-refractivity contribution is 0.0945. The third-order valence-corrected chi connectivity index (χ3v) is 3.75. The highest BCUT2D eigenvalue weighted by Gasteiger charge is 2.13. The van der Waals surface area contributed by atoms with Crippen LogP contribution in [0.4, 0.5) is 0 Å². The number of aromatic amines is 2. The van der Waals surface area contributed by atoms with Gasteiger partial charge in [-0.1, -0.05) is 13.8 Å². The number of amides is 1. The van der Waals surface area contributed by atoms with Crippen LogP contribution in [0, 0.1) is 0 Å². The number of hydrogen-bond donors (Lipinski definition) is 3. The van der Waals surface area contributed by atoms with E-state index in [0.29, 0.717) is 17.3 Å². The Hall–Kier alpha value is -3.16. The van der Waals surface area contributed by atoms with Gasteiger partial charge in [0.25, 0.3) is 5.91 Å². The average Bonchev–Trinajstić information content (AvgIpc) is 3.29. The number of ether oxygens (including phenoxy) is 1. The molecule has 0 saturated carbocycles. The van der Waals surface area contributed by atoms with Crippen LogP contribution in [0.5, 0.6) is 5.75 Å². The van der Waals surface area contributed by atoms with Gasteiger partial charge in [0, 0.05) is 11.3 Å². The van der Waals surface area contributed by atoms with Crippen LogP contribution in [0.15, 0.2) is 30.3 Å². The molecular formula is C17H20N6O2. The molecule has 0 radical (unpaired) electrons. The van der Waals surface area contributed by atoms with E-state index >= 15 is 0 Å². The summed E-state index contributed by atoms with van der Waals surface area (Å²) in [5.74, 6) is 1.93. The van der Waals surface area contributed by atoms with Crippen LogP contribution in [0.3, 0.4) is 0 Å². The Morgan fingerprint density at radius 3 is 2.60 bits per heavy atom. The predicted molar refractivity (Wildman–Crippen MR) is 92.2 cm³/mol. The summed E-state index contributed by atoms with van der Waals surface area (Å²) >= 11 is 0. The standard InChI is InChI=1S/C17H20N6O2/c1-10(2)13-8-14(21-20-13)17(24)18-9-15-19-16(23-22-15)11-4-6-12(25-3)7-5-11/h4-8,10H,9H2,1-3H3,(H,18,24)(H,20,21)(H,19,22,23). The summed E-state index contributed by atoms with van der Waals surface area (Å²) in [4.78, 5) is 16.5. The lowest BCUT2D eigenvalue weighted by Crippen LogP contribution is -2.23. The maximum atomic E-state index is 12.1. The van der Waals surface area contributed by atoms with Gasteiger partial charge in [-0.3, -0.25) is 15.0 Å². The molecule has 2 heterocycles. The Morgan fingerprint density at radius 2 is 1.96 bits per heavy atom. The van der Waals surface area contributed by atoms with Gasteiger partial charge >= 0.3 is 0 Å². The largest absolute Gasteiger partial charge is 0.497 e. The van der Waals surface area contributed by atoms with E-state index in [1.165, 1.54) is 0 Å². The van der Waals surface area contributed by atoms with E-state index in [2.05, 4.69) is 30.7 Å². The fraction of sp³-hybridized carbons (Fsp3) is 0.294. The quantitative estimate of drug-likeness (QED) is 0.638. The molecule has 2 aromatic heterocycles. The summed E-state index contributed by atoms with van der Waals surface area (Å²) in [5, 5.41) is 16.7. The number of H-pyrrole nitrogens is 2. The van der Waals surface area contributed by atoms with Crippen LogP contribution in [0.1, 0.15) is 41.8 Å².